The summed E-state index contributed by atoms with van der Waals surface area (Å²) >= 11 is 0. The van der Waals surface area contributed by atoms with Gasteiger partial charge in [0.05, 0.1) is 6.54 Å². The van der Waals surface area contributed by atoms with E-state index in [4.69, 9.17) is 5.73 Å². The van der Waals surface area contributed by atoms with E-state index in [0.717, 1.165) is 6.92 Å². The first kappa shape index (κ1) is 11.6. The number of nitrogens with zero attached hydrogens (tertiary/aromatic N) is 1. The predicted molar refractivity (Wildman–Crippen MR) is 49.0 cm³/mol. The number of hydrogen-bond donors (Lipinski definition) is 2. The molecule has 1 heterocycles. The third kappa shape index (κ3) is 1.85. The topological polar surface area (TPSA) is 50.4 Å². The van der Waals surface area contributed by atoms with Crippen LogP contribution in [0.25, 0.3) is 0 Å². The molecule has 0 radical (unpaired) electrons. The highest BCUT2D eigenvalue weighted by atomic mass is 79.9. The predicted octanol–water partition coefficient (Wildman–Crippen LogP) is 0.896. The highest BCUT2D eigenvalue weighted by Crippen LogP contribution is 2.29. The molecule has 0 aromatic carbocycles. The van der Waals surface area contributed by atoms with E-state index in [2.05, 4.69) is 10.3 Å². The van der Waals surface area contributed by atoms with E-state index in [1.807, 2.05) is 0 Å². The number of rotatable bonds is 1. The van der Waals surface area contributed by atoms with Crippen molar-refractivity contribution in [3.63, 3.8) is 0 Å². The second-order valence-electron chi connectivity index (χ2n) is 3.05. The molecule has 0 saturated heterocycles. The lowest BCUT2D eigenvalue weighted by Gasteiger charge is -2.30. The molecule has 0 aromatic heterocycles. The smallest absolute Gasteiger partial charge is 0.269 e. The number of aliphatic imine (C=N–C) groups is 1. The van der Waals surface area contributed by atoms with Crippen molar-refractivity contribution in [1.29, 1.82) is 0 Å². The second-order valence-corrected chi connectivity index (χ2v) is 3.05. The van der Waals surface area contributed by atoms with Crippen molar-refractivity contribution in [1.82, 2.24) is 5.32 Å². The number of halogens is 3. The van der Waals surface area contributed by atoms with E-state index < -0.39 is 11.5 Å². The van der Waals surface area contributed by atoms with Gasteiger partial charge in [0.1, 0.15) is 5.54 Å². The van der Waals surface area contributed by atoms with E-state index in [9.17, 15) is 8.78 Å². The molecule has 0 bridgehead atoms. The van der Waals surface area contributed by atoms with Crippen molar-refractivity contribution >= 4 is 22.9 Å². The Morgan fingerprint density at radius 1 is 1.67 bits per heavy atom. The molecule has 1 aliphatic heterocycles. The van der Waals surface area contributed by atoms with Gasteiger partial charge in [-0.2, -0.15) is 0 Å². The summed E-state index contributed by atoms with van der Waals surface area (Å²) in [5.74, 6) is -2.72. The minimum Gasteiger partial charge on any atom is -0.370 e. The maximum absolute atomic E-state index is 12.8. The Morgan fingerprint density at radius 3 is 2.33 bits per heavy atom. The van der Waals surface area contributed by atoms with Crippen LogP contribution in [0.15, 0.2) is 4.99 Å². The number of alkyl halides is 2. The van der Waals surface area contributed by atoms with Crippen LogP contribution in [-0.2, 0) is 0 Å². The van der Waals surface area contributed by atoms with Crippen molar-refractivity contribution in [2.45, 2.75) is 25.3 Å². The van der Waals surface area contributed by atoms with E-state index in [-0.39, 0.29) is 29.5 Å². The van der Waals surface area contributed by atoms with Crippen molar-refractivity contribution in [2.75, 3.05) is 6.54 Å². The summed E-state index contributed by atoms with van der Waals surface area (Å²) in [6, 6.07) is 0. The summed E-state index contributed by atoms with van der Waals surface area (Å²) in [5.41, 5.74) is 3.90. The number of nitrogens with one attached hydrogen (secondary N) is 1. The summed E-state index contributed by atoms with van der Waals surface area (Å²) in [4.78, 5) is 3.66. The van der Waals surface area contributed by atoms with Crippen LogP contribution in [0.1, 0.15) is 13.8 Å². The van der Waals surface area contributed by atoms with E-state index >= 15 is 0 Å². The van der Waals surface area contributed by atoms with Crippen molar-refractivity contribution < 1.29 is 8.78 Å². The molecule has 0 amide bonds. The highest BCUT2D eigenvalue weighted by molar-refractivity contribution is 8.93. The normalized spacial score (nSPS) is 28.8. The van der Waals surface area contributed by atoms with Crippen molar-refractivity contribution in [3.8, 4) is 0 Å². The zero-order chi connectivity index (χ0) is 8.70. The Kier molecular flexibility index (Phi) is 3.06. The van der Waals surface area contributed by atoms with Gasteiger partial charge in [-0.05, 0) is 6.92 Å². The van der Waals surface area contributed by atoms with Crippen LogP contribution in [0.2, 0.25) is 0 Å². The van der Waals surface area contributed by atoms with Gasteiger partial charge in [0.15, 0.2) is 5.96 Å². The lowest BCUT2D eigenvalue weighted by molar-refractivity contribution is -0.0507. The van der Waals surface area contributed by atoms with Crippen LogP contribution in [0, 0.1) is 0 Å². The maximum atomic E-state index is 12.8. The minimum atomic E-state index is -2.81. The Bertz CT molecular complexity index is 201. The Morgan fingerprint density at radius 2 is 2.17 bits per heavy atom. The van der Waals surface area contributed by atoms with Gasteiger partial charge in [0, 0.05) is 6.92 Å². The summed E-state index contributed by atoms with van der Waals surface area (Å²) in [6.07, 6.45) is 0. The van der Waals surface area contributed by atoms with E-state index in [1.165, 1.54) is 6.92 Å². The summed E-state index contributed by atoms with van der Waals surface area (Å²) in [7, 11) is 0. The molecule has 0 spiro atoms. The quantitative estimate of drug-likeness (QED) is 0.719. The van der Waals surface area contributed by atoms with Gasteiger partial charge in [-0.25, -0.2) is 8.78 Å². The molecule has 6 heteroatoms. The number of hydrogen-bond acceptors (Lipinski definition) is 3. The molecule has 0 unspecified atom stereocenters. The van der Waals surface area contributed by atoms with Crippen LogP contribution < -0.4 is 11.1 Å². The summed E-state index contributed by atoms with van der Waals surface area (Å²) in [6.45, 7) is 2.28. The monoisotopic (exact) mass is 243 g/mol. The molecule has 1 aliphatic rings. The van der Waals surface area contributed by atoms with Crippen LogP contribution in [0.4, 0.5) is 8.78 Å². The van der Waals surface area contributed by atoms with Gasteiger partial charge in [-0.15, -0.1) is 17.0 Å². The van der Waals surface area contributed by atoms with Gasteiger partial charge in [-0.3, -0.25) is 4.99 Å². The minimum absolute atomic E-state index is 0. The highest BCUT2D eigenvalue weighted by Gasteiger charge is 2.48. The zero-order valence-corrected chi connectivity index (χ0v) is 8.61. The van der Waals surface area contributed by atoms with Crippen molar-refractivity contribution in [3.05, 3.63) is 0 Å². The first-order chi connectivity index (χ1) is 4.85. The zero-order valence-electron chi connectivity index (χ0n) is 6.90. The fraction of sp³-hybridized carbons (Fsp3) is 0.833. The molecule has 72 valence electrons. The molecule has 1 rings (SSSR count). The molecular formula is C6H12BrF2N3. The second kappa shape index (κ2) is 3.16. The molecule has 0 saturated carbocycles. The molecule has 0 fully saturated rings. The van der Waals surface area contributed by atoms with Gasteiger partial charge in [0.2, 0.25) is 0 Å². The molecule has 12 heavy (non-hydrogen) atoms. The summed E-state index contributed by atoms with van der Waals surface area (Å²) < 4.78 is 25.6. The first-order valence-electron chi connectivity index (χ1n) is 3.31. The molecule has 0 aliphatic carbocycles. The third-order valence-corrected chi connectivity index (χ3v) is 1.94. The summed E-state index contributed by atoms with van der Waals surface area (Å²) in [5, 5.41) is 2.45. The Labute approximate surface area is 80.2 Å². The lowest BCUT2D eigenvalue weighted by atomic mass is 9.96. The number of nitrogens with two attached hydrogens (primary N) is 1. The largest absolute Gasteiger partial charge is 0.370 e. The van der Waals surface area contributed by atoms with Gasteiger partial charge in [-0.1, -0.05) is 0 Å². The van der Waals surface area contributed by atoms with Gasteiger partial charge < -0.3 is 11.1 Å². The van der Waals surface area contributed by atoms with E-state index in [1.54, 1.807) is 0 Å². The van der Waals surface area contributed by atoms with Crippen LogP contribution in [0.3, 0.4) is 0 Å². The fourth-order valence-electron chi connectivity index (χ4n) is 0.854. The Hall–Kier alpha value is -0.390. The molecule has 1 atom stereocenters. The van der Waals surface area contributed by atoms with Gasteiger partial charge in [0.25, 0.3) is 5.92 Å². The standard InChI is InChI=1S/C6H11F2N3.BrH/c1-5(6(2,7)8)3-10-4(9)11-5;/h3H2,1-2H3,(H3,9,10,11);1H/t5-;/m0./s1. The van der Waals surface area contributed by atoms with Crippen LogP contribution in [-0.4, -0.2) is 24.0 Å². The van der Waals surface area contributed by atoms with Crippen LogP contribution >= 0.6 is 17.0 Å². The lowest BCUT2D eigenvalue weighted by Crippen LogP contribution is -2.56. The fourth-order valence-corrected chi connectivity index (χ4v) is 0.854. The Balaban J connectivity index is 0.00000121. The number of guanidine groups is 1. The van der Waals surface area contributed by atoms with Gasteiger partial charge >= 0.3 is 0 Å². The third-order valence-electron chi connectivity index (χ3n) is 1.94. The molecule has 0 aromatic rings. The average molecular weight is 244 g/mol. The molecular weight excluding hydrogens is 232 g/mol. The SMILES string of the molecule is Br.CC(F)(F)[C@]1(C)CN=C(N)N1. The van der Waals surface area contributed by atoms with Crippen molar-refractivity contribution in [2.24, 2.45) is 10.7 Å². The van der Waals surface area contributed by atoms with E-state index in [0.29, 0.717) is 0 Å². The molecule has 3 nitrogen and oxygen atoms in total. The average Bonchev–Trinajstić information content (AvgIpc) is 2.10. The molecule has 3 N–H and O–H groups in total. The maximum Gasteiger partial charge on any atom is 0.269 e. The van der Waals surface area contributed by atoms with Crippen LogP contribution in [0.5, 0.6) is 0 Å². The first-order valence-corrected chi connectivity index (χ1v) is 3.31.